The number of thioether (sulfide) groups is 1. The van der Waals surface area contributed by atoms with E-state index in [1.165, 1.54) is 18.9 Å². The molecule has 2 aromatic rings. The molecule has 4 rings (SSSR count). The largest absolute Gasteiger partial charge is 0.493 e. The number of fused-ring (bicyclic) bond motifs is 1. The SMILES string of the molecule is COc1cc(/C=C2\SC(=S)N(Cc3ccc4c(c3)OCO4)C2=O)ccc1OCC(N)=O. The van der Waals surface area contributed by atoms with Gasteiger partial charge in [0.15, 0.2) is 29.6 Å². The Kier molecular flexibility index (Phi) is 6.01. The van der Waals surface area contributed by atoms with Gasteiger partial charge in [0.2, 0.25) is 6.79 Å². The normalized spacial score (nSPS) is 16.2. The van der Waals surface area contributed by atoms with Gasteiger partial charge in [-0.05, 0) is 41.5 Å². The monoisotopic (exact) mass is 458 g/mol. The molecule has 2 amide bonds. The minimum Gasteiger partial charge on any atom is -0.493 e. The van der Waals surface area contributed by atoms with E-state index in [0.29, 0.717) is 38.8 Å². The lowest BCUT2D eigenvalue weighted by Crippen LogP contribution is -2.27. The van der Waals surface area contributed by atoms with Crippen LogP contribution in [0.1, 0.15) is 11.1 Å². The van der Waals surface area contributed by atoms with E-state index in [0.717, 1.165) is 11.1 Å². The van der Waals surface area contributed by atoms with Gasteiger partial charge in [0.05, 0.1) is 18.6 Å². The van der Waals surface area contributed by atoms with E-state index >= 15 is 0 Å². The first-order chi connectivity index (χ1) is 14.9. The van der Waals surface area contributed by atoms with Gasteiger partial charge in [-0.15, -0.1) is 0 Å². The number of carbonyl (C=O) groups is 2. The fraction of sp³-hybridized carbons (Fsp3) is 0.190. The maximum absolute atomic E-state index is 12.9. The molecule has 0 spiro atoms. The van der Waals surface area contributed by atoms with Gasteiger partial charge in [-0.25, -0.2) is 0 Å². The third kappa shape index (κ3) is 4.59. The van der Waals surface area contributed by atoms with Crippen LogP contribution in [0.4, 0.5) is 0 Å². The van der Waals surface area contributed by atoms with E-state index in [1.807, 2.05) is 18.2 Å². The van der Waals surface area contributed by atoms with Crippen LogP contribution >= 0.6 is 24.0 Å². The zero-order valence-corrected chi connectivity index (χ0v) is 18.1. The molecule has 10 heteroatoms. The van der Waals surface area contributed by atoms with Crippen molar-refractivity contribution in [1.29, 1.82) is 0 Å². The number of primary amides is 1. The van der Waals surface area contributed by atoms with Crippen molar-refractivity contribution in [3.63, 3.8) is 0 Å². The minimum atomic E-state index is -0.586. The zero-order valence-electron chi connectivity index (χ0n) is 16.5. The molecule has 0 aromatic heterocycles. The number of ether oxygens (including phenoxy) is 4. The predicted octanol–water partition coefficient (Wildman–Crippen LogP) is 2.69. The Bertz CT molecular complexity index is 1100. The standard InChI is InChI=1S/C21H18N2O6S2/c1-26-16-6-12(2-4-14(16)27-10-19(22)24)8-18-20(25)23(21(30)31-18)9-13-3-5-15-17(7-13)29-11-28-15/h2-8H,9-11H2,1H3,(H2,22,24)/b18-8-. The molecule has 2 aliphatic rings. The van der Waals surface area contributed by atoms with E-state index < -0.39 is 5.91 Å². The van der Waals surface area contributed by atoms with E-state index in [1.54, 1.807) is 29.2 Å². The highest BCUT2D eigenvalue weighted by Gasteiger charge is 2.32. The summed E-state index contributed by atoms with van der Waals surface area (Å²) in [7, 11) is 1.49. The second-order valence-corrected chi connectivity index (χ2v) is 8.30. The van der Waals surface area contributed by atoms with Gasteiger partial charge in [0.1, 0.15) is 4.32 Å². The number of benzene rings is 2. The van der Waals surface area contributed by atoms with E-state index in [2.05, 4.69) is 0 Å². The lowest BCUT2D eigenvalue weighted by Gasteiger charge is -2.14. The number of carbonyl (C=O) groups excluding carboxylic acids is 2. The fourth-order valence-corrected chi connectivity index (χ4v) is 4.31. The smallest absolute Gasteiger partial charge is 0.266 e. The molecule has 160 valence electrons. The molecule has 8 nitrogen and oxygen atoms in total. The van der Waals surface area contributed by atoms with Crippen molar-refractivity contribution in [2.45, 2.75) is 6.54 Å². The summed E-state index contributed by atoms with van der Waals surface area (Å²) in [6, 6.07) is 10.7. The van der Waals surface area contributed by atoms with Gasteiger partial charge in [-0.2, -0.15) is 0 Å². The van der Waals surface area contributed by atoms with E-state index in [-0.39, 0.29) is 19.3 Å². The molecule has 0 unspecified atom stereocenters. The van der Waals surface area contributed by atoms with Crippen molar-refractivity contribution >= 4 is 46.2 Å². The first-order valence-electron chi connectivity index (χ1n) is 9.17. The Balaban J connectivity index is 1.51. The van der Waals surface area contributed by atoms with Crippen LogP contribution in [-0.4, -0.2) is 41.5 Å². The maximum atomic E-state index is 12.9. The number of thiocarbonyl (C=S) groups is 1. The Labute approximate surface area is 187 Å². The number of amides is 2. The van der Waals surface area contributed by atoms with Crippen molar-refractivity contribution in [2.75, 3.05) is 20.5 Å². The quantitative estimate of drug-likeness (QED) is 0.499. The Hall–Kier alpha value is -3.24. The average Bonchev–Trinajstić information content (AvgIpc) is 3.32. The number of hydrogen-bond acceptors (Lipinski definition) is 8. The molecule has 1 saturated heterocycles. The zero-order chi connectivity index (χ0) is 22.0. The molecule has 2 aromatic carbocycles. The van der Waals surface area contributed by atoms with Crippen LogP contribution in [0, 0.1) is 0 Å². The number of nitrogens with two attached hydrogens (primary N) is 1. The second-order valence-electron chi connectivity index (χ2n) is 6.62. The van der Waals surface area contributed by atoms with Crippen LogP contribution in [0.2, 0.25) is 0 Å². The molecular weight excluding hydrogens is 440 g/mol. The summed E-state index contributed by atoms with van der Waals surface area (Å²) in [4.78, 5) is 25.9. The molecule has 2 heterocycles. The van der Waals surface area contributed by atoms with Crippen LogP contribution in [0.5, 0.6) is 23.0 Å². The molecule has 1 fully saturated rings. The molecule has 0 bridgehead atoms. The lowest BCUT2D eigenvalue weighted by atomic mass is 10.1. The molecular formula is C21H18N2O6S2. The van der Waals surface area contributed by atoms with Crippen LogP contribution in [0.25, 0.3) is 6.08 Å². The Morgan fingerprint density at radius 2 is 2.03 bits per heavy atom. The van der Waals surface area contributed by atoms with Gasteiger partial charge < -0.3 is 24.7 Å². The summed E-state index contributed by atoms with van der Waals surface area (Å²) in [5, 5.41) is 0. The van der Waals surface area contributed by atoms with Gasteiger partial charge in [-0.1, -0.05) is 36.1 Å². The molecule has 0 atom stereocenters. The molecule has 2 N–H and O–H groups in total. The van der Waals surface area contributed by atoms with Crippen molar-refractivity contribution in [3.05, 3.63) is 52.4 Å². The summed E-state index contributed by atoms with van der Waals surface area (Å²) < 4.78 is 21.8. The van der Waals surface area contributed by atoms with Crippen molar-refractivity contribution < 1.29 is 28.5 Å². The molecule has 0 radical (unpaired) electrons. The molecule has 2 aliphatic heterocycles. The first kappa shape index (κ1) is 21.0. The Morgan fingerprint density at radius 1 is 1.23 bits per heavy atom. The second kappa shape index (κ2) is 8.86. The summed E-state index contributed by atoms with van der Waals surface area (Å²) >= 11 is 6.65. The average molecular weight is 459 g/mol. The highest BCUT2D eigenvalue weighted by Crippen LogP contribution is 2.37. The van der Waals surface area contributed by atoms with Gasteiger partial charge in [-0.3, -0.25) is 14.5 Å². The summed E-state index contributed by atoms with van der Waals surface area (Å²) in [5.41, 5.74) is 6.73. The third-order valence-electron chi connectivity index (χ3n) is 4.51. The van der Waals surface area contributed by atoms with Crippen LogP contribution in [-0.2, 0) is 16.1 Å². The number of methoxy groups -OCH3 is 1. The molecule has 0 saturated carbocycles. The highest BCUT2D eigenvalue weighted by atomic mass is 32.2. The first-order valence-corrected chi connectivity index (χ1v) is 10.4. The van der Waals surface area contributed by atoms with Crippen LogP contribution in [0.3, 0.4) is 0 Å². The number of hydrogen-bond donors (Lipinski definition) is 1. The van der Waals surface area contributed by atoms with Crippen LogP contribution < -0.4 is 24.7 Å². The topological polar surface area (TPSA) is 100 Å². The summed E-state index contributed by atoms with van der Waals surface area (Å²) in [6.07, 6.45) is 1.74. The summed E-state index contributed by atoms with van der Waals surface area (Å²) in [6.45, 7) is 0.272. The third-order valence-corrected chi connectivity index (χ3v) is 5.88. The minimum absolute atomic E-state index is 0.180. The molecule has 0 aliphatic carbocycles. The van der Waals surface area contributed by atoms with Crippen molar-refractivity contribution in [2.24, 2.45) is 5.73 Å². The molecule has 31 heavy (non-hydrogen) atoms. The van der Waals surface area contributed by atoms with E-state index in [4.69, 9.17) is 36.9 Å². The number of nitrogens with zero attached hydrogens (tertiary/aromatic N) is 1. The van der Waals surface area contributed by atoms with E-state index in [9.17, 15) is 9.59 Å². The fourth-order valence-electron chi connectivity index (χ4n) is 3.05. The number of rotatable bonds is 7. The van der Waals surface area contributed by atoms with Gasteiger partial charge in [0, 0.05) is 0 Å². The summed E-state index contributed by atoms with van der Waals surface area (Å²) in [5.74, 6) is 1.38. The van der Waals surface area contributed by atoms with Gasteiger partial charge >= 0.3 is 0 Å². The maximum Gasteiger partial charge on any atom is 0.266 e. The van der Waals surface area contributed by atoms with Crippen molar-refractivity contribution in [1.82, 2.24) is 4.90 Å². The van der Waals surface area contributed by atoms with Gasteiger partial charge in [0.25, 0.3) is 11.8 Å². The van der Waals surface area contributed by atoms with Crippen LogP contribution in [0.15, 0.2) is 41.3 Å². The highest BCUT2D eigenvalue weighted by molar-refractivity contribution is 8.26. The Morgan fingerprint density at radius 3 is 2.81 bits per heavy atom. The van der Waals surface area contributed by atoms with Crippen molar-refractivity contribution in [3.8, 4) is 23.0 Å². The lowest BCUT2D eigenvalue weighted by molar-refractivity contribution is -0.122. The predicted molar refractivity (Wildman–Crippen MR) is 119 cm³/mol.